The lowest BCUT2D eigenvalue weighted by molar-refractivity contribution is -0.120. The van der Waals surface area contributed by atoms with Crippen LogP contribution >= 0.6 is 12.2 Å². The van der Waals surface area contributed by atoms with Gasteiger partial charge in [0.2, 0.25) is 5.91 Å². The van der Waals surface area contributed by atoms with Crippen molar-refractivity contribution in [3.8, 4) is 0 Å². The van der Waals surface area contributed by atoms with Crippen LogP contribution in [0.15, 0.2) is 24.3 Å². The summed E-state index contributed by atoms with van der Waals surface area (Å²) in [5.41, 5.74) is 1.14. The van der Waals surface area contributed by atoms with Gasteiger partial charge in [-0.2, -0.15) is 0 Å². The van der Waals surface area contributed by atoms with Crippen molar-refractivity contribution in [3.63, 3.8) is 0 Å². The molecule has 0 radical (unpaired) electrons. The van der Waals surface area contributed by atoms with E-state index in [0.29, 0.717) is 17.7 Å². The van der Waals surface area contributed by atoms with Crippen molar-refractivity contribution in [1.82, 2.24) is 5.32 Å². The molecule has 108 valence electrons. The average molecular weight is 294 g/mol. The second-order valence-electron chi connectivity index (χ2n) is 4.67. The van der Waals surface area contributed by atoms with Crippen LogP contribution in [-0.2, 0) is 9.53 Å². The van der Waals surface area contributed by atoms with Crippen molar-refractivity contribution in [2.75, 3.05) is 12.4 Å². The molecule has 0 fully saturated rings. The maximum Gasteiger partial charge on any atom is 0.337 e. The summed E-state index contributed by atoms with van der Waals surface area (Å²) in [5.74, 6) is -0.245. The molecule has 2 N–H and O–H groups in total. The number of hydrogen-bond acceptors (Lipinski definition) is 4. The van der Waals surface area contributed by atoms with Crippen LogP contribution in [0.25, 0.3) is 0 Å². The molecular formula is C14H18N2O3S. The van der Waals surface area contributed by atoms with E-state index in [1.807, 2.05) is 13.8 Å². The molecule has 0 heterocycles. The van der Waals surface area contributed by atoms with Gasteiger partial charge in [-0.15, -0.1) is 0 Å². The number of benzene rings is 1. The number of anilines is 1. The largest absolute Gasteiger partial charge is 0.465 e. The molecule has 0 unspecified atom stereocenters. The molecule has 0 bridgehead atoms. The molecule has 0 aliphatic carbocycles. The molecule has 0 spiro atoms. The van der Waals surface area contributed by atoms with Gasteiger partial charge in [0.05, 0.1) is 12.7 Å². The van der Waals surface area contributed by atoms with E-state index in [9.17, 15) is 9.59 Å². The van der Waals surface area contributed by atoms with Gasteiger partial charge in [0, 0.05) is 12.1 Å². The summed E-state index contributed by atoms with van der Waals surface area (Å²) in [5, 5.41) is 5.71. The van der Waals surface area contributed by atoms with Crippen LogP contribution in [-0.4, -0.2) is 24.1 Å². The Kier molecular flexibility index (Phi) is 6.11. The zero-order valence-electron chi connectivity index (χ0n) is 11.7. The molecule has 0 aliphatic rings. The monoisotopic (exact) mass is 294 g/mol. The number of ether oxygens (including phenoxy) is 1. The van der Waals surface area contributed by atoms with Crippen molar-refractivity contribution in [3.05, 3.63) is 29.8 Å². The van der Waals surface area contributed by atoms with E-state index < -0.39 is 5.97 Å². The summed E-state index contributed by atoms with van der Waals surface area (Å²) < 4.78 is 4.60. The van der Waals surface area contributed by atoms with Gasteiger partial charge < -0.3 is 15.4 Å². The maximum absolute atomic E-state index is 11.5. The highest BCUT2D eigenvalue weighted by atomic mass is 32.1. The Balaban J connectivity index is 2.54. The Morgan fingerprint density at radius 2 is 1.85 bits per heavy atom. The number of carbonyl (C=O) groups is 2. The Bertz CT molecular complexity index is 498. The van der Waals surface area contributed by atoms with Gasteiger partial charge in [-0.05, 0) is 42.4 Å². The van der Waals surface area contributed by atoms with Crippen molar-refractivity contribution < 1.29 is 14.3 Å². The first-order chi connectivity index (χ1) is 9.42. The zero-order chi connectivity index (χ0) is 15.1. The van der Waals surface area contributed by atoms with E-state index in [1.54, 1.807) is 24.3 Å². The highest BCUT2D eigenvalue weighted by Gasteiger charge is 2.08. The van der Waals surface area contributed by atoms with Crippen LogP contribution < -0.4 is 10.6 Å². The second kappa shape index (κ2) is 7.59. The van der Waals surface area contributed by atoms with E-state index in [-0.39, 0.29) is 16.9 Å². The van der Waals surface area contributed by atoms with E-state index in [0.717, 1.165) is 0 Å². The molecule has 1 rings (SSSR count). The minimum absolute atomic E-state index is 0.122. The van der Waals surface area contributed by atoms with Gasteiger partial charge in [0.15, 0.2) is 5.11 Å². The van der Waals surface area contributed by atoms with E-state index in [2.05, 4.69) is 15.4 Å². The first-order valence-electron chi connectivity index (χ1n) is 6.21. The Hall–Kier alpha value is -1.95. The highest BCUT2D eigenvalue weighted by molar-refractivity contribution is 7.80. The number of amides is 1. The number of rotatable bonds is 4. The molecule has 0 atom stereocenters. The van der Waals surface area contributed by atoms with Gasteiger partial charge >= 0.3 is 5.97 Å². The predicted molar refractivity (Wildman–Crippen MR) is 81.6 cm³/mol. The van der Waals surface area contributed by atoms with Crippen LogP contribution in [0.3, 0.4) is 0 Å². The molecule has 1 aromatic rings. The van der Waals surface area contributed by atoms with E-state index >= 15 is 0 Å². The van der Waals surface area contributed by atoms with Crippen molar-refractivity contribution >= 4 is 34.9 Å². The quantitative estimate of drug-likeness (QED) is 0.659. The van der Waals surface area contributed by atoms with Gasteiger partial charge in [-0.3, -0.25) is 4.79 Å². The topological polar surface area (TPSA) is 67.4 Å². The summed E-state index contributed by atoms with van der Waals surface area (Å²) in [6.45, 7) is 3.92. The lowest BCUT2D eigenvalue weighted by Gasteiger charge is -2.10. The maximum atomic E-state index is 11.5. The smallest absolute Gasteiger partial charge is 0.337 e. The third-order valence-corrected chi connectivity index (χ3v) is 2.61. The van der Waals surface area contributed by atoms with Crippen LogP contribution in [0.4, 0.5) is 5.69 Å². The van der Waals surface area contributed by atoms with Crippen molar-refractivity contribution in [1.29, 1.82) is 0 Å². The van der Waals surface area contributed by atoms with Crippen LogP contribution in [0.5, 0.6) is 0 Å². The van der Waals surface area contributed by atoms with Gasteiger partial charge in [-0.25, -0.2) is 4.79 Å². The van der Waals surface area contributed by atoms with Crippen LogP contribution in [0.1, 0.15) is 30.6 Å². The highest BCUT2D eigenvalue weighted by Crippen LogP contribution is 2.10. The molecule has 1 aromatic carbocycles. The first-order valence-corrected chi connectivity index (χ1v) is 6.62. The molecule has 20 heavy (non-hydrogen) atoms. The minimum Gasteiger partial charge on any atom is -0.465 e. The summed E-state index contributed by atoms with van der Waals surface area (Å²) >= 11 is 5.04. The second-order valence-corrected chi connectivity index (χ2v) is 5.08. The molecule has 6 heteroatoms. The van der Waals surface area contributed by atoms with Gasteiger partial charge in [0.25, 0.3) is 0 Å². The van der Waals surface area contributed by atoms with Crippen molar-refractivity contribution in [2.45, 2.75) is 20.3 Å². The number of hydrogen-bond donors (Lipinski definition) is 2. The third-order valence-electron chi connectivity index (χ3n) is 2.41. The Morgan fingerprint density at radius 1 is 1.25 bits per heavy atom. The zero-order valence-corrected chi connectivity index (χ0v) is 12.5. The van der Waals surface area contributed by atoms with Crippen molar-refractivity contribution in [2.24, 2.45) is 5.92 Å². The number of esters is 1. The fourth-order valence-electron chi connectivity index (χ4n) is 1.52. The molecule has 0 aliphatic heterocycles. The van der Waals surface area contributed by atoms with E-state index in [1.165, 1.54) is 7.11 Å². The molecule has 1 amide bonds. The number of nitrogens with one attached hydrogen (secondary N) is 2. The lowest BCUT2D eigenvalue weighted by atomic mass is 10.1. The number of carbonyl (C=O) groups excluding carboxylic acids is 2. The summed E-state index contributed by atoms with van der Waals surface area (Å²) in [6, 6.07) is 6.61. The molecule has 0 aromatic heterocycles. The summed E-state index contributed by atoms with van der Waals surface area (Å²) in [7, 11) is 1.33. The lowest BCUT2D eigenvalue weighted by Crippen LogP contribution is -2.34. The fraction of sp³-hybridized carbons (Fsp3) is 0.357. The fourth-order valence-corrected chi connectivity index (χ4v) is 1.75. The molecule has 0 saturated carbocycles. The number of thiocarbonyl (C=S) groups is 1. The first kappa shape index (κ1) is 16.1. The van der Waals surface area contributed by atoms with Crippen LogP contribution in [0, 0.1) is 5.92 Å². The van der Waals surface area contributed by atoms with Crippen LogP contribution in [0.2, 0.25) is 0 Å². The SMILES string of the molecule is COC(=O)c1ccc(NC(=S)NC(=O)CC(C)C)cc1. The predicted octanol–water partition coefficient (Wildman–Crippen LogP) is 2.33. The molecule has 5 nitrogen and oxygen atoms in total. The standard InChI is InChI=1S/C14H18N2O3S/c1-9(2)8-12(17)16-14(20)15-11-6-4-10(5-7-11)13(18)19-3/h4-7,9H,8H2,1-3H3,(H2,15,16,17,20). The Labute approximate surface area is 123 Å². The van der Waals surface area contributed by atoms with Gasteiger partial charge in [-0.1, -0.05) is 13.8 Å². The summed E-state index contributed by atoms with van der Waals surface area (Å²) in [4.78, 5) is 22.8. The number of methoxy groups -OCH3 is 1. The third kappa shape index (κ3) is 5.36. The molecule has 0 saturated heterocycles. The molecular weight excluding hydrogens is 276 g/mol. The van der Waals surface area contributed by atoms with Gasteiger partial charge in [0.1, 0.15) is 0 Å². The van der Waals surface area contributed by atoms with E-state index in [4.69, 9.17) is 12.2 Å². The summed E-state index contributed by atoms with van der Waals surface area (Å²) in [6.07, 6.45) is 0.420. The average Bonchev–Trinajstić information content (AvgIpc) is 2.37. The normalized spacial score (nSPS) is 10.0. The minimum atomic E-state index is -0.399. The Morgan fingerprint density at radius 3 is 2.35 bits per heavy atom.